The summed E-state index contributed by atoms with van der Waals surface area (Å²) in [6.45, 7) is 5.46. The smallest absolute Gasteiger partial charge is 0.243 e. The Morgan fingerprint density at radius 2 is 2.25 bits per heavy atom. The summed E-state index contributed by atoms with van der Waals surface area (Å²) in [5.41, 5.74) is 0. The van der Waals surface area contributed by atoms with Gasteiger partial charge in [-0.1, -0.05) is 6.58 Å². The normalized spacial score (nSPS) is 9.42. The van der Waals surface area contributed by atoms with Gasteiger partial charge in [0.25, 0.3) is 0 Å². The van der Waals surface area contributed by atoms with Gasteiger partial charge in [-0.15, -0.1) is 0 Å². The highest BCUT2D eigenvalue weighted by Gasteiger charge is 1.91. The van der Waals surface area contributed by atoms with E-state index in [1.165, 1.54) is 6.08 Å². The first-order valence-electron chi connectivity index (χ1n) is 3.78. The van der Waals surface area contributed by atoms with E-state index in [-0.39, 0.29) is 5.91 Å². The number of carbonyl (C=O) groups excluding carboxylic acids is 1. The molecule has 0 spiro atoms. The molecular formula is C8H15NO3. The van der Waals surface area contributed by atoms with E-state index in [9.17, 15) is 4.79 Å². The predicted molar refractivity (Wildman–Crippen MR) is 45.9 cm³/mol. The lowest BCUT2D eigenvalue weighted by Gasteiger charge is -2.03. The fourth-order valence-corrected chi connectivity index (χ4v) is 0.563. The van der Waals surface area contributed by atoms with Crippen molar-refractivity contribution in [2.24, 2.45) is 0 Å². The Hall–Kier alpha value is -0.870. The van der Waals surface area contributed by atoms with Crippen molar-refractivity contribution in [3.63, 3.8) is 0 Å². The van der Waals surface area contributed by atoms with Gasteiger partial charge in [0.2, 0.25) is 5.91 Å². The maximum atomic E-state index is 10.6. The first kappa shape index (κ1) is 11.1. The Morgan fingerprint density at radius 3 is 2.83 bits per heavy atom. The Morgan fingerprint density at radius 1 is 1.50 bits per heavy atom. The van der Waals surface area contributed by atoms with Crippen molar-refractivity contribution >= 4 is 5.91 Å². The number of methoxy groups -OCH3 is 1. The minimum atomic E-state index is -0.176. The number of nitrogens with one attached hydrogen (secondary N) is 1. The summed E-state index contributed by atoms with van der Waals surface area (Å²) in [7, 11) is 1.61. The molecule has 0 radical (unpaired) electrons. The number of amides is 1. The Balaban J connectivity index is 3.00. The highest BCUT2D eigenvalue weighted by Crippen LogP contribution is 1.75. The fraction of sp³-hybridized carbons (Fsp3) is 0.625. The predicted octanol–water partition coefficient (Wildman–Crippen LogP) is -0.0484. The van der Waals surface area contributed by atoms with Crippen LogP contribution in [0, 0.1) is 0 Å². The average Bonchev–Trinajstić information content (AvgIpc) is 2.10. The molecule has 1 N–H and O–H groups in total. The van der Waals surface area contributed by atoms with Crippen LogP contribution in [0.1, 0.15) is 0 Å². The summed E-state index contributed by atoms with van der Waals surface area (Å²) >= 11 is 0. The fourth-order valence-electron chi connectivity index (χ4n) is 0.563. The van der Waals surface area contributed by atoms with Gasteiger partial charge in [-0.05, 0) is 6.08 Å². The molecule has 0 atom stereocenters. The lowest BCUT2D eigenvalue weighted by molar-refractivity contribution is -0.116. The molecule has 0 aliphatic heterocycles. The van der Waals surface area contributed by atoms with Gasteiger partial charge < -0.3 is 14.8 Å². The molecule has 0 aromatic rings. The second kappa shape index (κ2) is 8.23. The topological polar surface area (TPSA) is 47.6 Å². The Labute approximate surface area is 72.5 Å². The van der Waals surface area contributed by atoms with Gasteiger partial charge in [0.05, 0.1) is 19.8 Å². The summed E-state index contributed by atoms with van der Waals surface area (Å²) in [4.78, 5) is 10.6. The van der Waals surface area contributed by atoms with E-state index in [0.717, 1.165) is 0 Å². The summed E-state index contributed by atoms with van der Waals surface area (Å²) in [5.74, 6) is -0.176. The van der Waals surface area contributed by atoms with Crippen LogP contribution in [0.25, 0.3) is 0 Å². The molecule has 0 saturated carbocycles. The van der Waals surface area contributed by atoms with E-state index in [2.05, 4.69) is 11.9 Å². The molecule has 0 unspecified atom stereocenters. The van der Waals surface area contributed by atoms with E-state index in [0.29, 0.717) is 26.4 Å². The molecule has 4 heteroatoms. The molecular weight excluding hydrogens is 158 g/mol. The van der Waals surface area contributed by atoms with Crippen LogP contribution < -0.4 is 5.32 Å². The van der Waals surface area contributed by atoms with Crippen molar-refractivity contribution in [3.05, 3.63) is 12.7 Å². The van der Waals surface area contributed by atoms with Crippen LogP contribution in [0.3, 0.4) is 0 Å². The standard InChI is InChI=1S/C8H15NO3/c1-3-8(10)9-4-5-12-7-6-11-2/h3H,1,4-7H2,2H3,(H,9,10). The van der Waals surface area contributed by atoms with Crippen LogP contribution in [0.15, 0.2) is 12.7 Å². The molecule has 12 heavy (non-hydrogen) atoms. The van der Waals surface area contributed by atoms with E-state index in [1.54, 1.807) is 7.11 Å². The van der Waals surface area contributed by atoms with Crippen LogP contribution in [0.4, 0.5) is 0 Å². The lowest BCUT2D eigenvalue weighted by Crippen LogP contribution is -2.25. The van der Waals surface area contributed by atoms with Crippen molar-refractivity contribution < 1.29 is 14.3 Å². The second-order valence-corrected chi connectivity index (χ2v) is 2.10. The highest BCUT2D eigenvalue weighted by atomic mass is 16.5. The number of ether oxygens (including phenoxy) is 2. The van der Waals surface area contributed by atoms with E-state index in [1.807, 2.05) is 0 Å². The first-order valence-corrected chi connectivity index (χ1v) is 3.78. The summed E-state index contributed by atoms with van der Waals surface area (Å²) in [6.07, 6.45) is 1.23. The molecule has 0 saturated heterocycles. The third-order valence-corrected chi connectivity index (χ3v) is 1.16. The van der Waals surface area contributed by atoms with Crippen LogP contribution in [0.2, 0.25) is 0 Å². The minimum Gasteiger partial charge on any atom is -0.382 e. The van der Waals surface area contributed by atoms with E-state index < -0.39 is 0 Å². The maximum Gasteiger partial charge on any atom is 0.243 e. The van der Waals surface area contributed by atoms with Crippen molar-refractivity contribution in [1.82, 2.24) is 5.32 Å². The minimum absolute atomic E-state index is 0.176. The molecule has 0 aliphatic rings. The molecule has 0 bridgehead atoms. The molecule has 0 aromatic carbocycles. The van der Waals surface area contributed by atoms with Crippen molar-refractivity contribution in [2.45, 2.75) is 0 Å². The molecule has 0 fully saturated rings. The van der Waals surface area contributed by atoms with Crippen LogP contribution in [-0.4, -0.2) is 39.4 Å². The quantitative estimate of drug-likeness (QED) is 0.434. The van der Waals surface area contributed by atoms with Crippen LogP contribution >= 0.6 is 0 Å². The van der Waals surface area contributed by atoms with Crippen molar-refractivity contribution in [2.75, 3.05) is 33.5 Å². The first-order chi connectivity index (χ1) is 5.81. The van der Waals surface area contributed by atoms with Gasteiger partial charge in [-0.25, -0.2) is 0 Å². The number of hydrogen-bond acceptors (Lipinski definition) is 3. The molecule has 0 rings (SSSR count). The number of carbonyl (C=O) groups is 1. The largest absolute Gasteiger partial charge is 0.382 e. The SMILES string of the molecule is C=CC(=O)NCCOCCOC. The number of rotatable bonds is 7. The Kier molecular flexibility index (Phi) is 7.63. The number of hydrogen-bond donors (Lipinski definition) is 1. The van der Waals surface area contributed by atoms with Gasteiger partial charge in [0.15, 0.2) is 0 Å². The zero-order chi connectivity index (χ0) is 9.23. The monoisotopic (exact) mass is 173 g/mol. The summed E-state index contributed by atoms with van der Waals surface area (Å²) in [6, 6.07) is 0. The maximum absolute atomic E-state index is 10.6. The van der Waals surface area contributed by atoms with Crippen LogP contribution in [0.5, 0.6) is 0 Å². The molecule has 0 aliphatic carbocycles. The highest BCUT2D eigenvalue weighted by molar-refractivity contribution is 5.86. The summed E-state index contributed by atoms with van der Waals surface area (Å²) < 4.78 is 9.86. The van der Waals surface area contributed by atoms with Gasteiger partial charge in [-0.3, -0.25) is 4.79 Å². The van der Waals surface area contributed by atoms with Crippen molar-refractivity contribution in [3.8, 4) is 0 Å². The Bertz CT molecular complexity index is 136. The van der Waals surface area contributed by atoms with E-state index >= 15 is 0 Å². The molecule has 4 nitrogen and oxygen atoms in total. The third kappa shape index (κ3) is 7.24. The lowest BCUT2D eigenvalue weighted by atomic mass is 10.5. The molecule has 70 valence electrons. The molecule has 0 aromatic heterocycles. The van der Waals surface area contributed by atoms with Gasteiger partial charge in [0, 0.05) is 13.7 Å². The third-order valence-electron chi connectivity index (χ3n) is 1.16. The van der Waals surface area contributed by atoms with Gasteiger partial charge in [0.1, 0.15) is 0 Å². The van der Waals surface area contributed by atoms with Gasteiger partial charge >= 0.3 is 0 Å². The van der Waals surface area contributed by atoms with Gasteiger partial charge in [-0.2, -0.15) is 0 Å². The second-order valence-electron chi connectivity index (χ2n) is 2.10. The zero-order valence-electron chi connectivity index (χ0n) is 7.34. The average molecular weight is 173 g/mol. The molecule has 1 amide bonds. The summed E-state index contributed by atoms with van der Waals surface area (Å²) in [5, 5.41) is 2.59. The van der Waals surface area contributed by atoms with E-state index in [4.69, 9.17) is 9.47 Å². The van der Waals surface area contributed by atoms with Crippen LogP contribution in [-0.2, 0) is 14.3 Å². The van der Waals surface area contributed by atoms with Crippen molar-refractivity contribution in [1.29, 1.82) is 0 Å². The molecule has 0 heterocycles. The zero-order valence-corrected chi connectivity index (χ0v) is 7.34.